The minimum Gasteiger partial charge on any atom is -0.382 e. The van der Waals surface area contributed by atoms with Crippen LogP contribution in [0.1, 0.15) is 11.7 Å². The number of alkyl halides is 2. The van der Waals surface area contributed by atoms with E-state index in [1.807, 2.05) is 11.9 Å². The van der Waals surface area contributed by atoms with Crippen LogP contribution < -0.4 is 10.2 Å². The second kappa shape index (κ2) is 8.12. The predicted molar refractivity (Wildman–Crippen MR) is 106 cm³/mol. The highest BCUT2D eigenvalue weighted by molar-refractivity contribution is 7.18. The number of benzene rings is 2. The molecule has 0 aliphatic rings. The van der Waals surface area contributed by atoms with Gasteiger partial charge in [-0.15, -0.1) is 0 Å². The maximum absolute atomic E-state index is 13.1. The molecule has 3 aromatic rings. The first-order chi connectivity index (χ1) is 13.2. The summed E-state index contributed by atoms with van der Waals surface area (Å²) in [5, 5.41) is 12.5. The molecule has 5 nitrogen and oxygen atoms in total. The smallest absolute Gasteiger partial charge is 0.288 e. The lowest BCUT2D eigenvalue weighted by Gasteiger charge is -2.19. The first kappa shape index (κ1) is 20.0. The Hall–Kier alpha value is -2.70. The number of anilines is 4. The fraction of sp³-hybridized carbons (Fsp3) is 0.158. The van der Waals surface area contributed by atoms with Crippen molar-refractivity contribution >= 4 is 32.3 Å². The Labute approximate surface area is 162 Å². The van der Waals surface area contributed by atoms with Crippen molar-refractivity contribution < 1.29 is 18.3 Å². The second-order valence-corrected chi connectivity index (χ2v) is 6.89. The zero-order chi connectivity index (χ0) is 20.3. The van der Waals surface area contributed by atoms with Gasteiger partial charge in [-0.2, -0.15) is 8.78 Å². The summed E-state index contributed by atoms with van der Waals surface area (Å²) in [6.07, 6.45) is 1.31. The van der Waals surface area contributed by atoms with Gasteiger partial charge in [-0.25, -0.2) is 14.4 Å². The van der Waals surface area contributed by atoms with Crippen molar-refractivity contribution in [3.8, 4) is 0 Å². The van der Waals surface area contributed by atoms with E-state index >= 15 is 0 Å². The Morgan fingerprint density at radius 1 is 1.00 bits per heavy atom. The Morgan fingerprint density at radius 3 is 2.11 bits per heavy atom. The second-order valence-electron chi connectivity index (χ2n) is 6.12. The topological polar surface area (TPSA) is 61.3 Å². The molecule has 0 saturated carbocycles. The van der Waals surface area contributed by atoms with E-state index in [0.717, 1.165) is 5.69 Å². The Balaban J connectivity index is 1.68. The predicted octanol–water partition coefficient (Wildman–Crippen LogP) is 4.63. The number of aromatic nitrogens is 2. The van der Waals surface area contributed by atoms with Gasteiger partial charge in [-0.05, 0) is 42.0 Å². The number of aliphatic hydroxyl groups is 1. The van der Waals surface area contributed by atoms with E-state index in [-0.39, 0.29) is 11.4 Å². The third kappa shape index (κ3) is 4.77. The molecule has 0 saturated heterocycles. The van der Waals surface area contributed by atoms with Crippen LogP contribution in [0.5, 0.6) is 0 Å². The van der Waals surface area contributed by atoms with E-state index in [2.05, 4.69) is 15.3 Å². The molecule has 0 aliphatic carbocycles. The highest BCUT2D eigenvalue weighted by Gasteiger charge is 2.33. The first-order valence-electron chi connectivity index (χ1n) is 8.27. The quantitative estimate of drug-likeness (QED) is 0.585. The number of nitrogens with one attached hydrogen (secondary N) is 1. The average Bonchev–Trinajstić information content (AvgIpc) is 2.68. The van der Waals surface area contributed by atoms with E-state index in [4.69, 9.17) is 0 Å². The van der Waals surface area contributed by atoms with E-state index < -0.39 is 11.8 Å². The van der Waals surface area contributed by atoms with E-state index in [1.165, 1.54) is 33.5 Å². The summed E-state index contributed by atoms with van der Waals surface area (Å²) in [5.41, 5.74) is -1.13. The maximum Gasteiger partial charge on any atom is 0.288 e. The largest absolute Gasteiger partial charge is 0.382 e. The van der Waals surface area contributed by atoms with E-state index in [1.54, 1.807) is 36.7 Å². The summed E-state index contributed by atoms with van der Waals surface area (Å²) in [6.45, 7) is 0. The van der Waals surface area contributed by atoms with Crippen molar-refractivity contribution in [3.63, 3.8) is 0 Å². The molecule has 2 N–H and O–H groups in total. The van der Waals surface area contributed by atoms with Gasteiger partial charge < -0.3 is 15.3 Å². The molecule has 9 heteroatoms. The molecule has 0 spiro atoms. The SMILES string of the molecule is CN(c1ccc(F)cc1)c1cnc(Nc2ccc(C(O)C(F)(F)P)cc2)nc1. The molecule has 146 valence electrons. The van der Waals surface area contributed by atoms with Gasteiger partial charge in [0.1, 0.15) is 11.9 Å². The van der Waals surface area contributed by atoms with Crippen LogP contribution in [0.2, 0.25) is 0 Å². The lowest BCUT2D eigenvalue weighted by molar-refractivity contribution is -0.0365. The lowest BCUT2D eigenvalue weighted by atomic mass is 10.1. The van der Waals surface area contributed by atoms with Gasteiger partial charge in [0, 0.05) is 18.4 Å². The van der Waals surface area contributed by atoms with Crippen LogP contribution in [0.25, 0.3) is 0 Å². The van der Waals surface area contributed by atoms with Crippen LogP contribution in [0.3, 0.4) is 0 Å². The minimum absolute atomic E-state index is 0.0998. The molecule has 2 atom stereocenters. The molecular weight excluding hydrogens is 388 g/mol. The van der Waals surface area contributed by atoms with Crippen molar-refractivity contribution in [2.75, 3.05) is 17.3 Å². The third-order valence-electron chi connectivity index (χ3n) is 4.09. The third-order valence-corrected chi connectivity index (χ3v) is 4.40. The number of rotatable bonds is 6. The minimum atomic E-state index is -3.30. The molecule has 0 aliphatic heterocycles. The van der Waals surface area contributed by atoms with Crippen molar-refractivity contribution in [3.05, 3.63) is 72.3 Å². The molecule has 0 amide bonds. The summed E-state index contributed by atoms with van der Waals surface area (Å²) < 4.78 is 39.3. The lowest BCUT2D eigenvalue weighted by Crippen LogP contribution is -2.18. The van der Waals surface area contributed by atoms with Gasteiger partial charge in [-0.3, -0.25) is 0 Å². The van der Waals surface area contributed by atoms with E-state index in [9.17, 15) is 18.3 Å². The highest BCUT2D eigenvalue weighted by Crippen LogP contribution is 2.37. The summed E-state index contributed by atoms with van der Waals surface area (Å²) in [5.74, 6) is 0.00817. The van der Waals surface area contributed by atoms with Crippen LogP contribution in [0, 0.1) is 5.82 Å². The Morgan fingerprint density at radius 2 is 1.57 bits per heavy atom. The van der Waals surface area contributed by atoms with Crippen molar-refractivity contribution in [2.24, 2.45) is 0 Å². The molecule has 0 fully saturated rings. The zero-order valence-corrected chi connectivity index (χ0v) is 16.0. The summed E-state index contributed by atoms with van der Waals surface area (Å²) in [6, 6.07) is 12.0. The van der Waals surface area contributed by atoms with Crippen LogP contribution in [0.4, 0.5) is 36.2 Å². The summed E-state index contributed by atoms with van der Waals surface area (Å²) in [4.78, 5) is 10.3. The fourth-order valence-electron chi connectivity index (χ4n) is 2.47. The number of nitrogens with zero attached hydrogens (tertiary/aromatic N) is 3. The molecule has 0 bridgehead atoms. The van der Waals surface area contributed by atoms with Crippen molar-refractivity contribution in [1.82, 2.24) is 9.97 Å². The molecule has 2 aromatic carbocycles. The first-order valence-corrected chi connectivity index (χ1v) is 8.85. The molecule has 1 aromatic heterocycles. The van der Waals surface area contributed by atoms with Crippen LogP contribution in [-0.4, -0.2) is 27.8 Å². The number of halogens is 3. The molecule has 2 unspecified atom stereocenters. The van der Waals surface area contributed by atoms with Crippen LogP contribution in [0.15, 0.2) is 60.9 Å². The maximum atomic E-state index is 13.1. The van der Waals surface area contributed by atoms with Crippen molar-refractivity contribution in [2.45, 2.75) is 11.8 Å². The van der Waals surface area contributed by atoms with Gasteiger partial charge >= 0.3 is 0 Å². The monoisotopic (exact) mass is 406 g/mol. The van der Waals surface area contributed by atoms with Crippen molar-refractivity contribution in [1.29, 1.82) is 0 Å². The van der Waals surface area contributed by atoms with Gasteiger partial charge in [0.15, 0.2) is 0 Å². The number of hydrogen-bond donors (Lipinski definition) is 2. The van der Waals surface area contributed by atoms with Crippen LogP contribution >= 0.6 is 9.24 Å². The zero-order valence-electron chi connectivity index (χ0n) is 14.9. The normalized spacial score (nSPS) is 12.5. The summed E-state index contributed by atoms with van der Waals surface area (Å²) >= 11 is 0. The van der Waals surface area contributed by atoms with Crippen LogP contribution in [-0.2, 0) is 0 Å². The molecular formula is C19H18F3N4OP. The molecule has 1 heterocycles. The Bertz CT molecular complexity index is 916. The fourth-order valence-corrected chi connectivity index (χ4v) is 2.67. The molecule has 28 heavy (non-hydrogen) atoms. The molecule has 3 rings (SSSR count). The number of aliphatic hydroxyl groups excluding tert-OH is 1. The van der Waals surface area contributed by atoms with Gasteiger partial charge in [0.2, 0.25) is 5.95 Å². The Kier molecular flexibility index (Phi) is 5.82. The summed E-state index contributed by atoms with van der Waals surface area (Å²) in [7, 11) is 3.14. The highest BCUT2D eigenvalue weighted by atomic mass is 31.0. The number of hydrogen-bond acceptors (Lipinski definition) is 5. The van der Waals surface area contributed by atoms with Gasteiger partial charge in [0.25, 0.3) is 5.66 Å². The van der Waals surface area contributed by atoms with E-state index in [0.29, 0.717) is 17.3 Å². The standard InChI is InChI=1S/C19H18F3N4OP/c1-26(15-8-4-13(20)5-9-15)16-10-23-18(24-11-16)25-14-6-2-12(3-7-14)17(27)19(21,22)28/h2-11,17,27H,28H2,1H3,(H,23,24,25). The van der Waals surface area contributed by atoms with Gasteiger partial charge in [0.05, 0.1) is 18.1 Å². The van der Waals surface area contributed by atoms with Gasteiger partial charge in [-0.1, -0.05) is 21.4 Å². The average molecular weight is 406 g/mol. The molecule has 0 radical (unpaired) electrons.